The zero-order valence-electron chi connectivity index (χ0n) is 14.7. The molecule has 3 rings (SSSR count). The molecule has 0 saturated carbocycles. The highest BCUT2D eigenvalue weighted by Gasteiger charge is 2.45. The lowest BCUT2D eigenvalue weighted by Crippen LogP contribution is -2.28. The molecule has 0 N–H and O–H groups in total. The number of alkyl halides is 3. The van der Waals surface area contributed by atoms with Crippen molar-refractivity contribution in [3.05, 3.63) is 59.7 Å². The third-order valence-electron chi connectivity index (χ3n) is 4.29. The second-order valence-corrected chi connectivity index (χ2v) is 6.13. The number of rotatable bonds is 5. The van der Waals surface area contributed by atoms with Crippen molar-refractivity contribution in [1.29, 1.82) is 0 Å². The van der Waals surface area contributed by atoms with Crippen LogP contribution in [0.15, 0.2) is 48.5 Å². The van der Waals surface area contributed by atoms with E-state index in [2.05, 4.69) is 0 Å². The van der Waals surface area contributed by atoms with Crippen LogP contribution in [0.1, 0.15) is 36.5 Å². The molecule has 0 aliphatic carbocycles. The Labute approximate surface area is 154 Å². The molecule has 0 amide bonds. The van der Waals surface area contributed by atoms with E-state index >= 15 is 0 Å². The SMILES string of the molecule is CC[C@H](C(=O)O[C@@H](c1ccc2c(c1)OCCO2)C(F)(F)F)c1ccccc1. The van der Waals surface area contributed by atoms with E-state index in [1.165, 1.54) is 18.2 Å². The summed E-state index contributed by atoms with van der Waals surface area (Å²) in [5.74, 6) is -1.11. The molecule has 0 spiro atoms. The molecule has 7 heteroatoms. The topological polar surface area (TPSA) is 44.8 Å². The fourth-order valence-electron chi connectivity index (χ4n) is 2.97. The lowest BCUT2D eigenvalue weighted by atomic mass is 9.96. The molecule has 1 aliphatic rings. The van der Waals surface area contributed by atoms with E-state index in [0.29, 0.717) is 24.3 Å². The summed E-state index contributed by atoms with van der Waals surface area (Å²) in [6, 6.07) is 12.5. The van der Waals surface area contributed by atoms with Crippen LogP contribution in [0, 0.1) is 0 Å². The third-order valence-corrected chi connectivity index (χ3v) is 4.29. The average Bonchev–Trinajstić information content (AvgIpc) is 2.66. The minimum Gasteiger partial charge on any atom is -0.486 e. The van der Waals surface area contributed by atoms with Gasteiger partial charge in [-0.3, -0.25) is 4.79 Å². The highest BCUT2D eigenvalue weighted by molar-refractivity contribution is 5.78. The van der Waals surface area contributed by atoms with Crippen LogP contribution < -0.4 is 9.47 Å². The summed E-state index contributed by atoms with van der Waals surface area (Å²) in [7, 11) is 0. The van der Waals surface area contributed by atoms with Crippen LogP contribution in [-0.4, -0.2) is 25.4 Å². The maximum Gasteiger partial charge on any atom is 0.429 e. The van der Waals surface area contributed by atoms with E-state index in [1.54, 1.807) is 37.3 Å². The van der Waals surface area contributed by atoms with Crippen molar-refractivity contribution in [1.82, 2.24) is 0 Å². The predicted octanol–water partition coefficient (Wildman–Crippen LogP) is 4.80. The number of hydrogen-bond donors (Lipinski definition) is 0. The highest BCUT2D eigenvalue weighted by Crippen LogP contribution is 2.41. The van der Waals surface area contributed by atoms with Crippen LogP contribution in [0.3, 0.4) is 0 Å². The van der Waals surface area contributed by atoms with Gasteiger partial charge in [-0.15, -0.1) is 0 Å². The number of hydrogen-bond acceptors (Lipinski definition) is 4. The molecule has 144 valence electrons. The average molecular weight is 380 g/mol. The van der Waals surface area contributed by atoms with Gasteiger partial charge in [0.1, 0.15) is 13.2 Å². The first-order valence-electron chi connectivity index (χ1n) is 8.62. The van der Waals surface area contributed by atoms with Gasteiger partial charge in [0, 0.05) is 5.56 Å². The molecule has 1 aliphatic heterocycles. The summed E-state index contributed by atoms with van der Waals surface area (Å²) in [5.41, 5.74) is 0.413. The lowest BCUT2D eigenvalue weighted by Gasteiger charge is -2.25. The van der Waals surface area contributed by atoms with Gasteiger partial charge in [0.15, 0.2) is 11.5 Å². The van der Waals surface area contributed by atoms with Crippen LogP contribution in [0.25, 0.3) is 0 Å². The second-order valence-electron chi connectivity index (χ2n) is 6.13. The Bertz CT molecular complexity index is 790. The number of esters is 1. The van der Waals surface area contributed by atoms with Gasteiger partial charge in [0.05, 0.1) is 5.92 Å². The largest absolute Gasteiger partial charge is 0.486 e. The number of fused-ring (bicyclic) bond motifs is 1. The fraction of sp³-hybridized carbons (Fsp3) is 0.350. The Kier molecular flexibility index (Phi) is 5.58. The van der Waals surface area contributed by atoms with Crippen molar-refractivity contribution < 1.29 is 32.2 Å². The van der Waals surface area contributed by atoms with Gasteiger partial charge in [-0.05, 0) is 24.1 Å². The predicted molar refractivity (Wildman–Crippen MR) is 91.8 cm³/mol. The Hall–Kier alpha value is -2.70. The lowest BCUT2D eigenvalue weighted by molar-refractivity contribution is -0.225. The first-order chi connectivity index (χ1) is 12.9. The number of benzene rings is 2. The van der Waals surface area contributed by atoms with E-state index in [4.69, 9.17) is 14.2 Å². The van der Waals surface area contributed by atoms with Gasteiger partial charge in [-0.2, -0.15) is 13.2 Å². The zero-order valence-corrected chi connectivity index (χ0v) is 14.7. The summed E-state index contributed by atoms with van der Waals surface area (Å²) in [6.07, 6.45) is -6.80. The van der Waals surface area contributed by atoms with Gasteiger partial charge in [-0.25, -0.2) is 0 Å². The van der Waals surface area contributed by atoms with E-state index < -0.39 is 24.2 Å². The molecule has 0 unspecified atom stereocenters. The summed E-state index contributed by atoms with van der Waals surface area (Å²) in [5, 5.41) is 0. The van der Waals surface area contributed by atoms with E-state index in [0.717, 1.165) is 0 Å². The maximum atomic E-state index is 13.6. The van der Waals surface area contributed by atoms with Crippen molar-refractivity contribution in [2.45, 2.75) is 31.5 Å². The Balaban J connectivity index is 1.86. The third kappa shape index (κ3) is 4.35. The minimum atomic E-state index is -4.76. The number of carbonyl (C=O) groups excluding carboxylic acids is 1. The molecule has 0 bridgehead atoms. The quantitative estimate of drug-likeness (QED) is 0.699. The normalized spacial score (nSPS) is 15.7. The molecular formula is C20H19F3O4. The smallest absolute Gasteiger partial charge is 0.429 e. The molecule has 0 aromatic heterocycles. The van der Waals surface area contributed by atoms with Crippen LogP contribution in [0.2, 0.25) is 0 Å². The first-order valence-corrected chi connectivity index (χ1v) is 8.62. The molecule has 0 fully saturated rings. The molecule has 1 heterocycles. The Morgan fingerprint density at radius 2 is 1.70 bits per heavy atom. The summed E-state index contributed by atoms with van der Waals surface area (Å²) in [4.78, 5) is 12.5. The van der Waals surface area contributed by atoms with Gasteiger partial charge in [0.25, 0.3) is 0 Å². The van der Waals surface area contributed by atoms with Crippen molar-refractivity contribution in [3.63, 3.8) is 0 Å². The molecule has 0 radical (unpaired) electrons. The number of halogens is 3. The molecule has 2 aromatic rings. The first kappa shape index (κ1) is 19.1. The molecule has 0 saturated heterocycles. The van der Waals surface area contributed by atoms with Gasteiger partial charge >= 0.3 is 12.1 Å². The van der Waals surface area contributed by atoms with E-state index in [9.17, 15) is 18.0 Å². The van der Waals surface area contributed by atoms with Crippen molar-refractivity contribution in [3.8, 4) is 11.5 Å². The molecule has 4 nitrogen and oxygen atoms in total. The van der Waals surface area contributed by atoms with Gasteiger partial charge < -0.3 is 14.2 Å². The summed E-state index contributed by atoms with van der Waals surface area (Å²) >= 11 is 0. The molecule has 27 heavy (non-hydrogen) atoms. The highest BCUT2D eigenvalue weighted by atomic mass is 19.4. The number of ether oxygens (including phenoxy) is 3. The van der Waals surface area contributed by atoms with Crippen LogP contribution >= 0.6 is 0 Å². The van der Waals surface area contributed by atoms with Crippen LogP contribution in [-0.2, 0) is 9.53 Å². The summed E-state index contributed by atoms with van der Waals surface area (Å²) in [6.45, 7) is 2.31. The van der Waals surface area contributed by atoms with Crippen LogP contribution in [0.5, 0.6) is 11.5 Å². The van der Waals surface area contributed by atoms with Crippen molar-refractivity contribution >= 4 is 5.97 Å². The van der Waals surface area contributed by atoms with Crippen molar-refractivity contribution in [2.24, 2.45) is 0 Å². The number of carbonyl (C=O) groups is 1. The Morgan fingerprint density at radius 3 is 2.33 bits per heavy atom. The Morgan fingerprint density at radius 1 is 1.04 bits per heavy atom. The molecular weight excluding hydrogens is 361 g/mol. The second kappa shape index (κ2) is 7.90. The standard InChI is InChI=1S/C20H19F3O4/c1-2-15(13-6-4-3-5-7-13)19(24)27-18(20(21,22)23)14-8-9-16-17(12-14)26-11-10-25-16/h3-9,12,15,18H,2,10-11H2,1H3/t15-,18-/m0/s1. The van der Waals surface area contributed by atoms with Crippen molar-refractivity contribution in [2.75, 3.05) is 13.2 Å². The van der Waals surface area contributed by atoms with Crippen LogP contribution in [0.4, 0.5) is 13.2 Å². The molecule has 2 aromatic carbocycles. The molecule has 2 atom stereocenters. The zero-order chi connectivity index (χ0) is 19.4. The van der Waals surface area contributed by atoms with E-state index in [-0.39, 0.29) is 17.9 Å². The van der Waals surface area contributed by atoms with E-state index in [1.807, 2.05) is 0 Å². The van der Waals surface area contributed by atoms with Gasteiger partial charge in [0.2, 0.25) is 6.10 Å². The summed E-state index contributed by atoms with van der Waals surface area (Å²) < 4.78 is 56.5. The monoisotopic (exact) mass is 380 g/mol. The minimum absolute atomic E-state index is 0.206. The maximum absolute atomic E-state index is 13.6. The van der Waals surface area contributed by atoms with Gasteiger partial charge in [-0.1, -0.05) is 43.3 Å². The fourth-order valence-corrected chi connectivity index (χ4v) is 2.97.